The monoisotopic (exact) mass is 215 g/mol. The lowest BCUT2D eigenvalue weighted by Crippen LogP contribution is -2.51. The molecular weight excluding hydrogens is 202 g/mol. The maximum absolute atomic E-state index is 11.9. The van der Waals surface area contributed by atoms with Crippen molar-refractivity contribution in [3.8, 4) is 6.07 Å². The number of rotatable bonds is 1. The summed E-state index contributed by atoms with van der Waals surface area (Å²) in [4.78, 5) is 13.4. The third kappa shape index (κ3) is 1.50. The molecule has 0 fully saturated rings. The van der Waals surface area contributed by atoms with Crippen LogP contribution in [0.3, 0.4) is 0 Å². The molecule has 0 saturated heterocycles. The van der Waals surface area contributed by atoms with E-state index in [1.165, 1.54) is 0 Å². The zero-order valence-electron chi connectivity index (χ0n) is 9.32. The number of nitrogens with one attached hydrogen (secondary N) is 1. The van der Waals surface area contributed by atoms with Crippen molar-refractivity contribution < 1.29 is 4.79 Å². The van der Waals surface area contributed by atoms with E-state index in [2.05, 4.69) is 11.4 Å². The van der Waals surface area contributed by atoms with Gasteiger partial charge in [0, 0.05) is 0 Å². The molecule has 0 atom stereocenters. The van der Waals surface area contributed by atoms with Gasteiger partial charge in [-0.05, 0) is 26.0 Å². The van der Waals surface area contributed by atoms with Crippen molar-refractivity contribution in [2.75, 3.05) is 16.8 Å². The molecule has 0 bridgehead atoms. The highest BCUT2D eigenvalue weighted by atomic mass is 16.2. The summed E-state index contributed by atoms with van der Waals surface area (Å²) in [6, 6.07) is 9.67. The van der Waals surface area contributed by atoms with E-state index in [9.17, 15) is 4.79 Å². The van der Waals surface area contributed by atoms with Crippen LogP contribution >= 0.6 is 0 Å². The smallest absolute Gasteiger partial charge is 0.247 e. The average molecular weight is 215 g/mol. The Morgan fingerprint density at radius 3 is 2.81 bits per heavy atom. The lowest BCUT2D eigenvalue weighted by molar-refractivity contribution is -0.117. The second kappa shape index (κ2) is 3.53. The number of anilines is 2. The molecule has 1 N–H and O–H groups in total. The van der Waals surface area contributed by atoms with Gasteiger partial charge in [0.15, 0.2) is 0 Å². The molecule has 4 heteroatoms. The van der Waals surface area contributed by atoms with Gasteiger partial charge in [-0.1, -0.05) is 12.1 Å². The first-order chi connectivity index (χ1) is 7.56. The normalized spacial score (nSPS) is 15.1. The van der Waals surface area contributed by atoms with Crippen LogP contribution in [0.1, 0.15) is 13.8 Å². The van der Waals surface area contributed by atoms with Crippen LogP contribution in [0.4, 0.5) is 11.4 Å². The van der Waals surface area contributed by atoms with Crippen LogP contribution in [0.2, 0.25) is 0 Å². The molecule has 0 spiro atoms. The molecule has 2 rings (SSSR count). The van der Waals surface area contributed by atoms with E-state index in [4.69, 9.17) is 5.26 Å². The van der Waals surface area contributed by atoms with E-state index in [1.54, 1.807) is 18.7 Å². The van der Waals surface area contributed by atoms with Crippen LogP contribution in [0.25, 0.3) is 0 Å². The predicted octanol–water partition coefficient (Wildman–Crippen LogP) is 1.75. The highest BCUT2D eigenvalue weighted by molar-refractivity contribution is 6.04. The molecule has 0 saturated carbocycles. The molecule has 1 amide bonds. The molecule has 82 valence electrons. The molecule has 0 unspecified atom stereocenters. The van der Waals surface area contributed by atoms with Gasteiger partial charge in [-0.25, -0.2) is 0 Å². The summed E-state index contributed by atoms with van der Waals surface area (Å²) in [7, 11) is 0. The maximum Gasteiger partial charge on any atom is 0.247 e. The first-order valence-electron chi connectivity index (χ1n) is 5.13. The van der Waals surface area contributed by atoms with E-state index in [-0.39, 0.29) is 12.5 Å². The minimum Gasteiger partial charge on any atom is -0.374 e. The van der Waals surface area contributed by atoms with Gasteiger partial charge in [0.25, 0.3) is 0 Å². The quantitative estimate of drug-likeness (QED) is 0.776. The molecule has 1 aliphatic rings. The molecule has 1 aromatic rings. The average Bonchev–Trinajstić information content (AvgIpc) is 2.28. The molecule has 16 heavy (non-hydrogen) atoms. The SMILES string of the molecule is CC(C)(C#N)N1C(=O)CNc2ccccc21. The van der Waals surface area contributed by atoms with E-state index >= 15 is 0 Å². The Morgan fingerprint density at radius 2 is 2.12 bits per heavy atom. The van der Waals surface area contributed by atoms with Crippen LogP contribution in [0.15, 0.2) is 24.3 Å². The molecule has 1 aromatic carbocycles. The molecule has 0 radical (unpaired) electrons. The van der Waals surface area contributed by atoms with Crippen molar-refractivity contribution in [1.82, 2.24) is 0 Å². The van der Waals surface area contributed by atoms with Crippen molar-refractivity contribution in [1.29, 1.82) is 5.26 Å². The van der Waals surface area contributed by atoms with Crippen LogP contribution in [-0.4, -0.2) is 18.0 Å². The van der Waals surface area contributed by atoms with Crippen molar-refractivity contribution in [3.05, 3.63) is 24.3 Å². The highest BCUT2D eigenvalue weighted by Crippen LogP contribution is 2.33. The minimum atomic E-state index is -0.824. The Balaban J connectivity index is 2.54. The number of nitriles is 1. The Morgan fingerprint density at radius 1 is 1.44 bits per heavy atom. The Labute approximate surface area is 94.5 Å². The van der Waals surface area contributed by atoms with Crippen molar-refractivity contribution in [3.63, 3.8) is 0 Å². The van der Waals surface area contributed by atoms with E-state index in [0.717, 1.165) is 11.4 Å². The Bertz CT molecular complexity index is 473. The van der Waals surface area contributed by atoms with Crippen LogP contribution in [0, 0.1) is 11.3 Å². The lowest BCUT2D eigenvalue weighted by atomic mass is 10.0. The Hall–Kier alpha value is -2.02. The van der Waals surface area contributed by atoms with Crippen LogP contribution in [0.5, 0.6) is 0 Å². The van der Waals surface area contributed by atoms with Crippen molar-refractivity contribution >= 4 is 17.3 Å². The van der Waals surface area contributed by atoms with E-state index in [0.29, 0.717) is 0 Å². The number of hydrogen-bond acceptors (Lipinski definition) is 3. The van der Waals surface area contributed by atoms with Crippen molar-refractivity contribution in [2.24, 2.45) is 0 Å². The van der Waals surface area contributed by atoms with Gasteiger partial charge in [-0.3, -0.25) is 9.69 Å². The van der Waals surface area contributed by atoms with Gasteiger partial charge >= 0.3 is 0 Å². The van der Waals surface area contributed by atoms with Gasteiger partial charge in [-0.2, -0.15) is 5.26 Å². The topological polar surface area (TPSA) is 56.1 Å². The second-order valence-electron chi connectivity index (χ2n) is 4.27. The summed E-state index contributed by atoms with van der Waals surface area (Å²) in [5, 5.41) is 12.2. The fourth-order valence-corrected chi connectivity index (χ4v) is 1.87. The van der Waals surface area contributed by atoms with E-state index in [1.807, 2.05) is 24.3 Å². The molecular formula is C12H13N3O. The Kier molecular flexibility index (Phi) is 2.31. The number of amides is 1. The zero-order chi connectivity index (χ0) is 11.8. The predicted molar refractivity (Wildman–Crippen MR) is 62.1 cm³/mol. The molecule has 1 heterocycles. The fourth-order valence-electron chi connectivity index (χ4n) is 1.87. The standard InChI is InChI=1S/C12H13N3O/c1-12(2,8-13)15-10-6-4-3-5-9(10)14-7-11(15)16/h3-6,14H,7H2,1-2H3. The molecule has 1 aliphatic heterocycles. The summed E-state index contributed by atoms with van der Waals surface area (Å²) in [6.07, 6.45) is 0. The largest absolute Gasteiger partial charge is 0.374 e. The van der Waals surface area contributed by atoms with E-state index < -0.39 is 5.54 Å². The van der Waals surface area contributed by atoms with Gasteiger partial charge in [-0.15, -0.1) is 0 Å². The van der Waals surface area contributed by atoms with Gasteiger partial charge in [0.2, 0.25) is 5.91 Å². The second-order valence-corrected chi connectivity index (χ2v) is 4.27. The molecule has 0 aromatic heterocycles. The summed E-state index contributed by atoms with van der Waals surface area (Å²) in [5.74, 6) is -0.0785. The summed E-state index contributed by atoms with van der Waals surface area (Å²) in [5.41, 5.74) is 0.839. The van der Waals surface area contributed by atoms with Gasteiger partial charge in [0.1, 0.15) is 5.54 Å². The third-order valence-corrected chi connectivity index (χ3v) is 2.66. The van der Waals surface area contributed by atoms with Crippen molar-refractivity contribution in [2.45, 2.75) is 19.4 Å². The molecule has 0 aliphatic carbocycles. The zero-order valence-corrected chi connectivity index (χ0v) is 9.32. The minimum absolute atomic E-state index is 0.0785. The van der Waals surface area contributed by atoms with Crippen LogP contribution < -0.4 is 10.2 Å². The number of nitrogens with zero attached hydrogens (tertiary/aromatic N) is 2. The maximum atomic E-state index is 11.9. The summed E-state index contributed by atoms with van der Waals surface area (Å²) >= 11 is 0. The summed E-state index contributed by atoms with van der Waals surface area (Å²) < 4.78 is 0. The third-order valence-electron chi connectivity index (χ3n) is 2.66. The number of para-hydroxylation sites is 2. The van der Waals surface area contributed by atoms with Gasteiger partial charge < -0.3 is 5.32 Å². The highest BCUT2D eigenvalue weighted by Gasteiger charge is 2.35. The number of hydrogen-bond donors (Lipinski definition) is 1. The first-order valence-corrected chi connectivity index (χ1v) is 5.13. The van der Waals surface area contributed by atoms with Gasteiger partial charge in [0.05, 0.1) is 24.0 Å². The van der Waals surface area contributed by atoms with Crippen LogP contribution in [-0.2, 0) is 4.79 Å². The number of fused-ring (bicyclic) bond motifs is 1. The number of carbonyl (C=O) groups excluding carboxylic acids is 1. The number of benzene rings is 1. The fraction of sp³-hybridized carbons (Fsp3) is 0.333. The summed E-state index contributed by atoms with van der Waals surface area (Å²) in [6.45, 7) is 3.72. The number of carbonyl (C=O) groups is 1. The molecule has 4 nitrogen and oxygen atoms in total. The first kappa shape index (κ1) is 10.5. The lowest BCUT2D eigenvalue weighted by Gasteiger charge is -2.37.